The van der Waals surface area contributed by atoms with Crippen LogP contribution in [0.15, 0.2) is 71.9 Å². The van der Waals surface area contributed by atoms with Crippen LogP contribution >= 0.6 is 0 Å². The molecule has 4 aromatic rings. The number of ketones is 1. The second-order valence-electron chi connectivity index (χ2n) is 7.77. The lowest BCUT2D eigenvalue weighted by Crippen LogP contribution is -2.24. The summed E-state index contributed by atoms with van der Waals surface area (Å²) in [5.74, 6) is 0.405. The number of rotatable bonds is 9. The molecule has 2 heterocycles. The number of ether oxygens (including phenoxy) is 3. The Hall–Kier alpha value is -4.66. The van der Waals surface area contributed by atoms with Crippen LogP contribution in [0.1, 0.15) is 22.8 Å². The Balaban J connectivity index is 1.81. The molecule has 0 atom stereocenters. The van der Waals surface area contributed by atoms with Crippen molar-refractivity contribution in [3.63, 3.8) is 0 Å². The first-order valence-corrected chi connectivity index (χ1v) is 11.2. The van der Waals surface area contributed by atoms with Gasteiger partial charge in [-0.05, 0) is 37.3 Å². The molecule has 36 heavy (non-hydrogen) atoms. The lowest BCUT2D eigenvalue weighted by atomic mass is 10.0. The standard InChI is InChI=1S/C27H25N3O6/c1-4-36-22-8-6-5-7-20(22)29-25(31)16-30-15-19(26(32)17-9-11-28-12-10-17)27(33)18-13-23(34-2)24(35-3)14-21(18)30/h5-15H,4,16H2,1-3H3,(H,29,31). The van der Waals surface area contributed by atoms with Crippen molar-refractivity contribution in [3.8, 4) is 17.2 Å². The van der Waals surface area contributed by atoms with E-state index in [1.807, 2.05) is 13.0 Å². The maximum absolute atomic E-state index is 13.4. The maximum Gasteiger partial charge on any atom is 0.244 e. The molecule has 0 spiro atoms. The highest BCUT2D eigenvalue weighted by Crippen LogP contribution is 2.31. The van der Waals surface area contributed by atoms with E-state index in [0.29, 0.717) is 40.6 Å². The first kappa shape index (κ1) is 24.5. The summed E-state index contributed by atoms with van der Waals surface area (Å²) < 4.78 is 17.9. The van der Waals surface area contributed by atoms with Gasteiger partial charge in [0.1, 0.15) is 12.3 Å². The highest BCUT2D eigenvalue weighted by atomic mass is 16.5. The molecule has 1 N–H and O–H groups in total. The van der Waals surface area contributed by atoms with Gasteiger partial charge in [0, 0.05) is 30.2 Å². The highest BCUT2D eigenvalue weighted by Gasteiger charge is 2.20. The number of benzene rings is 2. The molecule has 0 saturated carbocycles. The summed E-state index contributed by atoms with van der Waals surface area (Å²) in [6, 6.07) is 13.3. The Morgan fingerprint density at radius 2 is 1.67 bits per heavy atom. The molecular weight excluding hydrogens is 462 g/mol. The van der Waals surface area contributed by atoms with E-state index < -0.39 is 11.2 Å². The molecule has 0 unspecified atom stereocenters. The molecule has 0 aliphatic heterocycles. The van der Waals surface area contributed by atoms with Gasteiger partial charge >= 0.3 is 0 Å². The van der Waals surface area contributed by atoms with Crippen molar-refractivity contribution in [2.24, 2.45) is 0 Å². The lowest BCUT2D eigenvalue weighted by Gasteiger charge is -2.16. The molecule has 0 saturated heterocycles. The topological polar surface area (TPSA) is 109 Å². The fraction of sp³-hybridized carbons (Fsp3) is 0.185. The minimum atomic E-state index is -0.480. The SMILES string of the molecule is CCOc1ccccc1NC(=O)Cn1cc(C(=O)c2ccncc2)c(=O)c2cc(OC)c(OC)cc21. The molecule has 9 nitrogen and oxygen atoms in total. The molecule has 0 radical (unpaired) electrons. The fourth-order valence-electron chi connectivity index (χ4n) is 3.86. The van der Waals surface area contributed by atoms with Gasteiger partial charge in [0.25, 0.3) is 0 Å². The summed E-state index contributed by atoms with van der Waals surface area (Å²) in [5.41, 5.74) is 0.678. The zero-order valence-electron chi connectivity index (χ0n) is 20.1. The van der Waals surface area contributed by atoms with Crippen LogP contribution in [0.5, 0.6) is 17.2 Å². The maximum atomic E-state index is 13.4. The number of carbonyl (C=O) groups is 2. The third-order valence-electron chi connectivity index (χ3n) is 5.55. The van der Waals surface area contributed by atoms with Gasteiger partial charge in [0.15, 0.2) is 17.3 Å². The molecule has 1 amide bonds. The van der Waals surface area contributed by atoms with Gasteiger partial charge in [0.05, 0.1) is 43.0 Å². The Morgan fingerprint density at radius 3 is 2.36 bits per heavy atom. The fourth-order valence-corrected chi connectivity index (χ4v) is 3.86. The number of hydrogen-bond donors (Lipinski definition) is 1. The van der Waals surface area contributed by atoms with Crippen LogP contribution in [0.3, 0.4) is 0 Å². The molecule has 0 aliphatic rings. The zero-order valence-corrected chi connectivity index (χ0v) is 20.1. The van der Waals surface area contributed by atoms with Crippen LogP contribution in [0.25, 0.3) is 10.9 Å². The smallest absolute Gasteiger partial charge is 0.244 e. The minimum Gasteiger partial charge on any atom is -0.493 e. The monoisotopic (exact) mass is 487 g/mol. The summed E-state index contributed by atoms with van der Waals surface area (Å²) in [6.45, 7) is 2.12. The lowest BCUT2D eigenvalue weighted by molar-refractivity contribution is -0.116. The van der Waals surface area contributed by atoms with Gasteiger partial charge in [-0.3, -0.25) is 19.4 Å². The van der Waals surface area contributed by atoms with Gasteiger partial charge in [-0.25, -0.2) is 0 Å². The first-order chi connectivity index (χ1) is 17.5. The second-order valence-corrected chi connectivity index (χ2v) is 7.77. The number of para-hydroxylation sites is 2. The first-order valence-electron chi connectivity index (χ1n) is 11.2. The molecule has 0 fully saturated rings. The molecule has 0 aliphatic carbocycles. The molecule has 184 valence electrons. The number of nitrogens with zero attached hydrogens (tertiary/aromatic N) is 2. The van der Waals surface area contributed by atoms with Crippen LogP contribution in [0, 0.1) is 0 Å². The molecule has 2 aromatic carbocycles. The van der Waals surface area contributed by atoms with Crippen molar-refractivity contribution in [1.29, 1.82) is 0 Å². The number of nitrogens with one attached hydrogen (secondary N) is 1. The number of methoxy groups -OCH3 is 2. The van der Waals surface area contributed by atoms with Crippen molar-refractivity contribution in [2.75, 3.05) is 26.1 Å². The summed E-state index contributed by atoms with van der Waals surface area (Å²) in [7, 11) is 2.93. The summed E-state index contributed by atoms with van der Waals surface area (Å²) in [5, 5.41) is 3.06. The van der Waals surface area contributed by atoms with Crippen molar-refractivity contribution in [1.82, 2.24) is 9.55 Å². The van der Waals surface area contributed by atoms with E-state index in [9.17, 15) is 14.4 Å². The summed E-state index contributed by atoms with van der Waals surface area (Å²) in [4.78, 5) is 43.6. The Morgan fingerprint density at radius 1 is 0.972 bits per heavy atom. The summed E-state index contributed by atoms with van der Waals surface area (Å²) >= 11 is 0. The average molecular weight is 488 g/mol. The van der Waals surface area contributed by atoms with Gasteiger partial charge < -0.3 is 24.1 Å². The number of hydrogen-bond acceptors (Lipinski definition) is 7. The third kappa shape index (κ3) is 4.90. The highest BCUT2D eigenvalue weighted by molar-refractivity contribution is 6.10. The van der Waals surface area contributed by atoms with E-state index in [1.54, 1.807) is 28.8 Å². The largest absolute Gasteiger partial charge is 0.493 e. The number of fused-ring (bicyclic) bond motifs is 1. The van der Waals surface area contributed by atoms with Gasteiger partial charge in [-0.2, -0.15) is 0 Å². The van der Waals surface area contributed by atoms with E-state index in [0.717, 1.165) is 0 Å². The number of carbonyl (C=O) groups excluding carboxylic acids is 2. The van der Waals surface area contributed by atoms with E-state index in [-0.39, 0.29) is 23.4 Å². The predicted molar refractivity (Wildman–Crippen MR) is 135 cm³/mol. The number of anilines is 1. The molecule has 2 aromatic heterocycles. The zero-order chi connectivity index (χ0) is 25.7. The van der Waals surface area contributed by atoms with Crippen LogP contribution in [-0.4, -0.2) is 42.1 Å². The van der Waals surface area contributed by atoms with E-state index in [2.05, 4.69) is 10.3 Å². The normalized spacial score (nSPS) is 10.6. The quantitative estimate of drug-likeness (QED) is 0.359. The van der Waals surface area contributed by atoms with Crippen molar-refractivity contribution in [2.45, 2.75) is 13.5 Å². The van der Waals surface area contributed by atoms with Crippen LogP contribution in [0.2, 0.25) is 0 Å². The molecule has 0 bridgehead atoms. The van der Waals surface area contributed by atoms with Gasteiger partial charge in [0.2, 0.25) is 11.3 Å². The Bertz CT molecular complexity index is 1480. The van der Waals surface area contributed by atoms with Crippen molar-refractivity contribution >= 4 is 28.3 Å². The van der Waals surface area contributed by atoms with Gasteiger partial charge in [-0.15, -0.1) is 0 Å². The molecule has 4 rings (SSSR count). The van der Waals surface area contributed by atoms with E-state index in [1.165, 1.54) is 51.0 Å². The molecule has 9 heteroatoms. The van der Waals surface area contributed by atoms with Crippen LogP contribution in [0.4, 0.5) is 5.69 Å². The minimum absolute atomic E-state index is 0.0802. The van der Waals surface area contributed by atoms with Crippen LogP contribution in [-0.2, 0) is 11.3 Å². The van der Waals surface area contributed by atoms with Crippen molar-refractivity contribution in [3.05, 3.63) is 88.5 Å². The van der Waals surface area contributed by atoms with Crippen LogP contribution < -0.4 is 25.0 Å². The third-order valence-corrected chi connectivity index (χ3v) is 5.55. The Kier molecular flexibility index (Phi) is 7.29. The number of amides is 1. The average Bonchev–Trinajstić information content (AvgIpc) is 2.90. The molecular formula is C27H25N3O6. The van der Waals surface area contributed by atoms with Gasteiger partial charge in [-0.1, -0.05) is 12.1 Å². The Labute approximate surface area is 207 Å². The predicted octanol–water partition coefficient (Wildman–Crippen LogP) is 3.68. The van der Waals surface area contributed by atoms with Crippen molar-refractivity contribution < 1.29 is 23.8 Å². The number of pyridine rings is 2. The second kappa shape index (κ2) is 10.7. The van der Waals surface area contributed by atoms with E-state index in [4.69, 9.17) is 14.2 Å². The van der Waals surface area contributed by atoms with E-state index >= 15 is 0 Å². The summed E-state index contributed by atoms with van der Waals surface area (Å²) in [6.07, 6.45) is 4.35. The number of aromatic nitrogens is 2.